The van der Waals surface area contributed by atoms with Gasteiger partial charge in [-0.2, -0.15) is 0 Å². The van der Waals surface area contributed by atoms with Crippen LogP contribution < -0.4 is 15.7 Å². The zero-order valence-corrected chi connectivity index (χ0v) is 35.9. The molecule has 290 valence electrons. The van der Waals surface area contributed by atoms with Crippen molar-refractivity contribution in [2.45, 2.75) is 52.4 Å². The van der Waals surface area contributed by atoms with Crippen molar-refractivity contribution in [1.29, 1.82) is 0 Å². The highest BCUT2D eigenvalue weighted by Gasteiger charge is 2.47. The molecular weight excluding hydrogens is 760 g/mol. The first-order valence-corrected chi connectivity index (χ1v) is 22.4. The summed E-state index contributed by atoms with van der Waals surface area (Å²) < 4.78 is 11.9. The van der Waals surface area contributed by atoms with E-state index in [9.17, 15) is 0 Å². The van der Waals surface area contributed by atoms with Crippen molar-refractivity contribution in [3.63, 3.8) is 0 Å². The highest BCUT2D eigenvalue weighted by molar-refractivity contribution is 7.25. The molecule has 3 nitrogen and oxygen atoms in total. The monoisotopic (exact) mass is 800 g/mol. The molecule has 0 unspecified atom stereocenters. The van der Waals surface area contributed by atoms with Crippen molar-refractivity contribution >= 4 is 104 Å². The molecule has 61 heavy (non-hydrogen) atoms. The summed E-state index contributed by atoms with van der Waals surface area (Å²) in [4.78, 5) is 2.70. The maximum absolute atomic E-state index is 6.65. The summed E-state index contributed by atoms with van der Waals surface area (Å²) in [7, 11) is 0. The van der Waals surface area contributed by atoms with Gasteiger partial charge in [-0.15, -0.1) is 11.3 Å². The summed E-state index contributed by atoms with van der Waals surface area (Å²) >= 11 is 1.91. The second kappa shape index (κ2) is 11.2. The number of anilines is 2. The van der Waals surface area contributed by atoms with E-state index in [1.807, 2.05) is 11.3 Å². The SMILES string of the molecule is Cc1cc2c3c4c1c1cc5c(cc1n4-c1cc4c(cc1B3N(c1ccc(C(C)(C)C)cc1)c1cc3sc6ccccc6c3cc1-2)C(C)(C)c1ccccc1-4)oc1ccccc15. The molecule has 0 N–H and O–H groups in total. The van der Waals surface area contributed by atoms with Crippen LogP contribution in [0, 0.1) is 6.92 Å². The van der Waals surface area contributed by atoms with Crippen LogP contribution in [0.25, 0.3) is 91.9 Å². The third-order valence-electron chi connectivity index (χ3n) is 14.6. The van der Waals surface area contributed by atoms with Gasteiger partial charge in [-0.05, 0) is 111 Å². The lowest BCUT2D eigenvalue weighted by Crippen LogP contribution is -2.60. The summed E-state index contributed by atoms with van der Waals surface area (Å²) in [6.45, 7) is 14.0. The van der Waals surface area contributed by atoms with Gasteiger partial charge in [0, 0.05) is 75.8 Å². The lowest BCUT2D eigenvalue weighted by Gasteiger charge is -2.42. The summed E-state index contributed by atoms with van der Waals surface area (Å²) in [6.07, 6.45) is 0. The Labute approximate surface area is 358 Å². The van der Waals surface area contributed by atoms with Crippen LogP contribution in [0.2, 0.25) is 0 Å². The number of fused-ring (bicyclic) bond motifs is 17. The highest BCUT2D eigenvalue weighted by Crippen LogP contribution is 2.53. The first-order chi connectivity index (χ1) is 29.5. The molecule has 3 aromatic heterocycles. The largest absolute Gasteiger partial charge is 0.456 e. The molecule has 1 aliphatic carbocycles. The molecule has 0 atom stereocenters. The van der Waals surface area contributed by atoms with Crippen molar-refractivity contribution < 1.29 is 4.42 Å². The molecule has 3 aliphatic rings. The van der Waals surface area contributed by atoms with Gasteiger partial charge in [-0.3, -0.25) is 0 Å². The molecule has 0 fully saturated rings. The molecule has 0 radical (unpaired) electrons. The van der Waals surface area contributed by atoms with Gasteiger partial charge < -0.3 is 13.8 Å². The Morgan fingerprint density at radius 1 is 0.590 bits per heavy atom. The molecule has 11 aromatic rings. The minimum atomic E-state index is -0.152. The Bertz CT molecular complexity index is 3800. The van der Waals surface area contributed by atoms with Gasteiger partial charge in [-0.25, -0.2) is 0 Å². The average Bonchev–Trinajstić information content (AvgIpc) is 3.98. The van der Waals surface area contributed by atoms with E-state index < -0.39 is 0 Å². The van der Waals surface area contributed by atoms with Crippen LogP contribution in [-0.4, -0.2) is 11.4 Å². The molecule has 0 bridgehead atoms. The fourth-order valence-electron chi connectivity index (χ4n) is 11.7. The summed E-state index contributed by atoms with van der Waals surface area (Å²) in [5.74, 6) is 0. The Morgan fingerprint density at radius 2 is 1.36 bits per heavy atom. The molecule has 0 spiro atoms. The minimum Gasteiger partial charge on any atom is -0.456 e. The molecule has 5 heteroatoms. The summed E-state index contributed by atoms with van der Waals surface area (Å²) in [6, 6.07) is 53.3. The average molecular weight is 801 g/mol. The van der Waals surface area contributed by atoms with Crippen molar-refractivity contribution in [3.8, 4) is 27.9 Å². The zero-order chi connectivity index (χ0) is 40.8. The van der Waals surface area contributed by atoms with E-state index in [0.717, 1.165) is 21.9 Å². The van der Waals surface area contributed by atoms with E-state index in [0.29, 0.717) is 0 Å². The number of hydrogen-bond donors (Lipinski definition) is 0. The van der Waals surface area contributed by atoms with Gasteiger partial charge in [-0.1, -0.05) is 120 Å². The first kappa shape index (κ1) is 34.2. The van der Waals surface area contributed by atoms with E-state index in [1.54, 1.807) is 0 Å². The molecule has 2 aliphatic heterocycles. The Kier molecular flexibility index (Phi) is 6.29. The van der Waals surface area contributed by atoms with Crippen LogP contribution in [0.5, 0.6) is 0 Å². The summed E-state index contributed by atoms with van der Waals surface area (Å²) in [5.41, 5.74) is 21.4. The zero-order valence-electron chi connectivity index (χ0n) is 35.1. The fourth-order valence-corrected chi connectivity index (χ4v) is 12.8. The van der Waals surface area contributed by atoms with Gasteiger partial charge >= 0.3 is 6.85 Å². The molecule has 0 amide bonds. The van der Waals surface area contributed by atoms with Crippen LogP contribution in [0.3, 0.4) is 0 Å². The molecule has 0 saturated heterocycles. The van der Waals surface area contributed by atoms with Crippen molar-refractivity contribution in [2.75, 3.05) is 4.81 Å². The van der Waals surface area contributed by atoms with Crippen LogP contribution in [0.4, 0.5) is 11.4 Å². The Balaban J connectivity index is 1.18. The number of furan rings is 1. The highest BCUT2D eigenvalue weighted by atomic mass is 32.1. The van der Waals surface area contributed by atoms with Crippen molar-refractivity contribution in [3.05, 3.63) is 162 Å². The van der Waals surface area contributed by atoms with Crippen LogP contribution in [0.15, 0.2) is 144 Å². The lowest BCUT2D eigenvalue weighted by atomic mass is 9.43. The van der Waals surface area contributed by atoms with Crippen LogP contribution >= 0.6 is 11.3 Å². The standard InChI is InChI=1S/C56H41BN2OS/c1-30-23-40-37-24-39-35-15-9-12-18-50(35)61-51(39)29-46(37)59(32-21-19-31(20-22-32)55(2,3)4)57-44-27-43-36(33-13-7-10-16-42(33)56(43,5)6)26-47(44)58-45-28-49-38(34-14-8-11-17-48(34)60-49)25-41(45)52(30)54(58)53(40)57/h7-29H,1-6H3. The second-order valence-corrected chi connectivity index (χ2v) is 20.4. The van der Waals surface area contributed by atoms with Gasteiger partial charge in [0.15, 0.2) is 0 Å². The molecule has 14 rings (SSSR count). The second-order valence-electron chi connectivity index (χ2n) is 19.3. The fraction of sp³-hybridized carbons (Fsp3) is 0.143. The van der Waals surface area contributed by atoms with Crippen molar-refractivity contribution in [2.24, 2.45) is 0 Å². The number of para-hydroxylation sites is 1. The topological polar surface area (TPSA) is 21.3 Å². The van der Waals surface area contributed by atoms with E-state index >= 15 is 0 Å². The maximum atomic E-state index is 6.65. The number of aromatic nitrogens is 1. The molecular formula is C56H41BN2OS. The number of benzene rings is 8. The van der Waals surface area contributed by atoms with Crippen molar-refractivity contribution in [1.82, 2.24) is 4.57 Å². The van der Waals surface area contributed by atoms with Gasteiger partial charge in [0.25, 0.3) is 0 Å². The number of hydrogen-bond acceptors (Lipinski definition) is 3. The smallest absolute Gasteiger partial charge is 0.333 e. The van der Waals surface area contributed by atoms with E-state index in [4.69, 9.17) is 4.42 Å². The lowest BCUT2D eigenvalue weighted by molar-refractivity contribution is 0.590. The van der Waals surface area contributed by atoms with Gasteiger partial charge in [0.05, 0.1) is 11.0 Å². The molecule has 8 aromatic carbocycles. The van der Waals surface area contributed by atoms with E-state index in [2.05, 4.69) is 190 Å². The number of aryl methyl sites for hydroxylation is 1. The molecule has 5 heterocycles. The maximum Gasteiger partial charge on any atom is 0.333 e. The number of nitrogens with zero attached hydrogens (tertiary/aromatic N) is 2. The third-order valence-corrected chi connectivity index (χ3v) is 15.8. The molecule has 0 saturated carbocycles. The number of thiophene rings is 1. The van der Waals surface area contributed by atoms with Crippen LogP contribution in [-0.2, 0) is 10.8 Å². The predicted molar refractivity (Wildman–Crippen MR) is 261 cm³/mol. The van der Waals surface area contributed by atoms with E-state index in [1.165, 1.54) is 114 Å². The van der Waals surface area contributed by atoms with Gasteiger partial charge in [0.1, 0.15) is 11.2 Å². The Hall–Kier alpha value is -6.56. The minimum absolute atomic E-state index is 0.0435. The predicted octanol–water partition coefficient (Wildman–Crippen LogP) is 14.2. The number of rotatable bonds is 1. The van der Waals surface area contributed by atoms with Crippen LogP contribution in [0.1, 0.15) is 56.9 Å². The third kappa shape index (κ3) is 4.25. The quantitative estimate of drug-likeness (QED) is 0.154. The van der Waals surface area contributed by atoms with Gasteiger partial charge in [0.2, 0.25) is 0 Å². The first-order valence-electron chi connectivity index (χ1n) is 21.6. The van der Waals surface area contributed by atoms with E-state index in [-0.39, 0.29) is 17.7 Å². The normalized spacial score (nSPS) is 14.8. The Morgan fingerprint density at radius 3 is 2.20 bits per heavy atom. The summed E-state index contributed by atoms with van der Waals surface area (Å²) in [5, 5.41) is 7.57.